The predicted molar refractivity (Wildman–Crippen MR) is 58.0 cm³/mol. The lowest BCUT2D eigenvalue weighted by molar-refractivity contribution is 0.630. The summed E-state index contributed by atoms with van der Waals surface area (Å²) in [5.41, 5.74) is 0.426. The maximum absolute atomic E-state index is 13.3. The molecule has 1 nitrogen and oxygen atoms in total. The molecule has 14 heavy (non-hydrogen) atoms. The molecule has 0 bridgehead atoms. The molecule has 0 radical (unpaired) electrons. The fourth-order valence-corrected chi connectivity index (χ4v) is 1.20. The third-order valence-corrected chi connectivity index (χ3v) is 1.99. The lowest BCUT2D eigenvalue weighted by Crippen LogP contribution is -2.02. The monoisotopic (exact) mass is 211 g/mol. The Hall–Kier alpha value is -1.20. The van der Waals surface area contributed by atoms with Crippen LogP contribution >= 0.6 is 11.6 Å². The third-order valence-electron chi connectivity index (χ3n) is 1.69. The second-order valence-corrected chi connectivity index (χ2v) is 3.11. The van der Waals surface area contributed by atoms with Gasteiger partial charge in [-0.25, -0.2) is 4.39 Å². The zero-order valence-electron chi connectivity index (χ0n) is 7.90. The van der Waals surface area contributed by atoms with Crippen molar-refractivity contribution in [2.24, 2.45) is 0 Å². The van der Waals surface area contributed by atoms with Crippen LogP contribution in [0.25, 0.3) is 0 Å². The first-order valence-electron chi connectivity index (χ1n) is 4.33. The molecule has 0 aromatic heterocycles. The first-order valence-corrected chi connectivity index (χ1v) is 4.71. The van der Waals surface area contributed by atoms with Gasteiger partial charge in [0.25, 0.3) is 0 Å². The number of halogens is 2. The molecular formula is C11H11ClFN. The van der Waals surface area contributed by atoms with Crippen LogP contribution in [0.5, 0.6) is 0 Å². The van der Waals surface area contributed by atoms with Gasteiger partial charge >= 0.3 is 0 Å². The van der Waals surface area contributed by atoms with Crippen LogP contribution in [0.4, 0.5) is 10.1 Å². The van der Waals surface area contributed by atoms with Gasteiger partial charge in [0.2, 0.25) is 0 Å². The minimum atomic E-state index is -0.404. The molecule has 0 saturated carbocycles. The Balaban J connectivity index is 2.57. The van der Waals surface area contributed by atoms with Gasteiger partial charge in [0.05, 0.1) is 10.7 Å². The maximum atomic E-state index is 13.3. The van der Waals surface area contributed by atoms with E-state index < -0.39 is 5.82 Å². The summed E-state index contributed by atoms with van der Waals surface area (Å²) in [7, 11) is 0. The lowest BCUT2D eigenvalue weighted by atomic mass is 10.3. The van der Waals surface area contributed by atoms with E-state index >= 15 is 0 Å². The summed E-state index contributed by atoms with van der Waals surface area (Å²) in [5, 5.41) is 3.06. The number of hydrogen-bond acceptors (Lipinski definition) is 1. The Kier molecular flexibility index (Phi) is 4.28. The van der Waals surface area contributed by atoms with Crippen molar-refractivity contribution >= 4 is 17.3 Å². The summed E-state index contributed by atoms with van der Waals surface area (Å²) in [6, 6.07) is 4.88. The van der Waals surface area contributed by atoms with E-state index in [4.69, 9.17) is 11.6 Å². The van der Waals surface area contributed by atoms with E-state index in [1.54, 1.807) is 19.1 Å². The van der Waals surface area contributed by atoms with E-state index in [1.807, 2.05) is 0 Å². The van der Waals surface area contributed by atoms with Gasteiger partial charge in [0, 0.05) is 13.0 Å². The maximum Gasteiger partial charge on any atom is 0.164 e. The smallest absolute Gasteiger partial charge is 0.164 e. The first-order chi connectivity index (χ1) is 6.75. The molecule has 0 spiro atoms. The molecule has 0 heterocycles. The van der Waals surface area contributed by atoms with Crippen molar-refractivity contribution in [3.8, 4) is 11.8 Å². The van der Waals surface area contributed by atoms with Crippen molar-refractivity contribution in [3.63, 3.8) is 0 Å². The summed E-state index contributed by atoms with van der Waals surface area (Å²) in [4.78, 5) is 0. The van der Waals surface area contributed by atoms with Crippen molar-refractivity contribution in [1.29, 1.82) is 0 Å². The summed E-state index contributed by atoms with van der Waals surface area (Å²) in [5.74, 6) is 5.25. The number of anilines is 1. The highest BCUT2D eigenvalue weighted by molar-refractivity contribution is 6.31. The van der Waals surface area contributed by atoms with Crippen molar-refractivity contribution in [3.05, 3.63) is 29.0 Å². The van der Waals surface area contributed by atoms with E-state index in [2.05, 4.69) is 17.2 Å². The first kappa shape index (κ1) is 10.9. The number of nitrogens with one attached hydrogen (secondary N) is 1. The second kappa shape index (κ2) is 5.51. The molecule has 0 aliphatic carbocycles. The van der Waals surface area contributed by atoms with Gasteiger partial charge in [-0.05, 0) is 19.1 Å². The summed E-state index contributed by atoms with van der Waals surface area (Å²) in [6.07, 6.45) is 0.697. The largest absolute Gasteiger partial charge is 0.382 e. The zero-order chi connectivity index (χ0) is 10.4. The van der Waals surface area contributed by atoms with Gasteiger partial charge in [0.15, 0.2) is 5.82 Å². The summed E-state index contributed by atoms with van der Waals surface area (Å²) in [6.45, 7) is 2.40. The highest BCUT2D eigenvalue weighted by atomic mass is 35.5. The normalized spacial score (nSPS) is 9.07. The van der Waals surface area contributed by atoms with Crippen LogP contribution in [0.3, 0.4) is 0 Å². The SMILES string of the molecule is CC#CCCNc1cccc(Cl)c1F. The van der Waals surface area contributed by atoms with Crippen LogP contribution in [0.15, 0.2) is 18.2 Å². The van der Waals surface area contributed by atoms with Gasteiger partial charge in [-0.1, -0.05) is 17.7 Å². The van der Waals surface area contributed by atoms with E-state index in [-0.39, 0.29) is 5.02 Å². The average Bonchev–Trinajstić information content (AvgIpc) is 2.19. The molecule has 1 aromatic carbocycles. The number of benzene rings is 1. The molecule has 1 aromatic rings. The van der Waals surface area contributed by atoms with E-state index in [0.29, 0.717) is 18.7 Å². The molecule has 3 heteroatoms. The van der Waals surface area contributed by atoms with Crippen molar-refractivity contribution < 1.29 is 4.39 Å². The molecule has 0 unspecified atom stereocenters. The van der Waals surface area contributed by atoms with Crippen LogP contribution in [-0.2, 0) is 0 Å². The lowest BCUT2D eigenvalue weighted by Gasteiger charge is -2.05. The van der Waals surface area contributed by atoms with Gasteiger partial charge in [0.1, 0.15) is 0 Å². The molecule has 0 saturated heterocycles. The standard InChI is InChI=1S/C11H11ClFN/c1-2-3-4-8-14-10-7-5-6-9(12)11(10)13/h5-7,14H,4,8H2,1H3. The summed E-state index contributed by atoms with van der Waals surface area (Å²) < 4.78 is 13.3. The van der Waals surface area contributed by atoms with Crippen molar-refractivity contribution in [2.45, 2.75) is 13.3 Å². The Morgan fingerprint density at radius 2 is 2.29 bits per heavy atom. The Labute approximate surface area is 88.3 Å². The van der Waals surface area contributed by atoms with Gasteiger partial charge in [-0.3, -0.25) is 0 Å². The number of rotatable bonds is 3. The highest BCUT2D eigenvalue weighted by Crippen LogP contribution is 2.21. The quantitative estimate of drug-likeness (QED) is 0.598. The van der Waals surface area contributed by atoms with Crippen LogP contribution in [-0.4, -0.2) is 6.54 Å². The van der Waals surface area contributed by atoms with Crippen LogP contribution in [0.1, 0.15) is 13.3 Å². The molecule has 0 atom stereocenters. The second-order valence-electron chi connectivity index (χ2n) is 2.70. The fourth-order valence-electron chi connectivity index (χ4n) is 1.02. The zero-order valence-corrected chi connectivity index (χ0v) is 8.66. The van der Waals surface area contributed by atoms with Crippen LogP contribution in [0.2, 0.25) is 5.02 Å². The molecule has 0 aliphatic rings. The Bertz CT molecular complexity index is 365. The molecule has 0 aliphatic heterocycles. The predicted octanol–water partition coefficient (Wildman–Crippen LogP) is 3.30. The van der Waals surface area contributed by atoms with E-state index in [9.17, 15) is 4.39 Å². The van der Waals surface area contributed by atoms with Crippen molar-refractivity contribution in [1.82, 2.24) is 0 Å². The Morgan fingerprint density at radius 1 is 1.50 bits per heavy atom. The van der Waals surface area contributed by atoms with Crippen LogP contribution < -0.4 is 5.32 Å². The molecule has 0 fully saturated rings. The highest BCUT2D eigenvalue weighted by Gasteiger charge is 2.03. The number of hydrogen-bond donors (Lipinski definition) is 1. The summed E-state index contributed by atoms with van der Waals surface area (Å²) >= 11 is 5.61. The molecular weight excluding hydrogens is 201 g/mol. The minimum Gasteiger partial charge on any atom is -0.382 e. The van der Waals surface area contributed by atoms with E-state index in [0.717, 1.165) is 0 Å². The van der Waals surface area contributed by atoms with Crippen LogP contribution in [0, 0.1) is 17.7 Å². The van der Waals surface area contributed by atoms with Gasteiger partial charge < -0.3 is 5.32 Å². The topological polar surface area (TPSA) is 12.0 Å². The van der Waals surface area contributed by atoms with Gasteiger partial charge in [-0.2, -0.15) is 0 Å². The van der Waals surface area contributed by atoms with E-state index in [1.165, 1.54) is 6.07 Å². The molecule has 0 amide bonds. The third kappa shape index (κ3) is 2.93. The minimum absolute atomic E-state index is 0.136. The molecule has 74 valence electrons. The average molecular weight is 212 g/mol. The molecule has 1 rings (SSSR count). The van der Waals surface area contributed by atoms with Crippen molar-refractivity contribution in [2.75, 3.05) is 11.9 Å². The van der Waals surface area contributed by atoms with Gasteiger partial charge in [-0.15, -0.1) is 11.8 Å². The fraction of sp³-hybridized carbons (Fsp3) is 0.273. The Morgan fingerprint density at radius 3 is 3.00 bits per heavy atom. The molecule has 1 N–H and O–H groups in total.